The number of rotatable bonds is 6. The van der Waals surface area contributed by atoms with Crippen molar-refractivity contribution >= 4 is 27.2 Å². The highest BCUT2D eigenvalue weighted by Crippen LogP contribution is 2.41. The first-order chi connectivity index (χ1) is 14.1. The largest absolute Gasteiger partial charge is 0.496 e. The number of carbonyl (C=O) groups excluding carboxylic acids is 1. The molecule has 0 radical (unpaired) electrons. The van der Waals surface area contributed by atoms with Crippen molar-refractivity contribution in [2.45, 2.75) is 6.42 Å². The zero-order chi connectivity index (χ0) is 20.4. The molecule has 0 N–H and O–H groups in total. The summed E-state index contributed by atoms with van der Waals surface area (Å²) in [5.74, 6) is 0.806. The number of halogens is 1. The lowest BCUT2D eigenvalue weighted by molar-refractivity contribution is 0.0992. The van der Waals surface area contributed by atoms with Crippen molar-refractivity contribution in [1.82, 2.24) is 0 Å². The molecule has 0 aliphatic rings. The first-order valence-electron chi connectivity index (χ1n) is 9.11. The van der Waals surface area contributed by atoms with E-state index >= 15 is 0 Å². The average molecular weight is 406 g/mol. The molecule has 0 spiro atoms. The van der Waals surface area contributed by atoms with Gasteiger partial charge in [0.25, 0.3) is 0 Å². The van der Waals surface area contributed by atoms with Gasteiger partial charge in [-0.2, -0.15) is 0 Å². The molecule has 0 aliphatic heterocycles. The van der Waals surface area contributed by atoms with Gasteiger partial charge >= 0.3 is 0 Å². The highest BCUT2D eigenvalue weighted by atomic mass is 32.1. The molecule has 0 saturated carbocycles. The van der Waals surface area contributed by atoms with E-state index in [-0.39, 0.29) is 18.0 Å². The maximum atomic E-state index is 13.2. The maximum absolute atomic E-state index is 13.2. The quantitative estimate of drug-likeness (QED) is 0.360. The van der Waals surface area contributed by atoms with Gasteiger partial charge in [0.1, 0.15) is 17.3 Å². The number of ether oxygens (including phenoxy) is 2. The first-order valence-corrected chi connectivity index (χ1v) is 9.93. The Bertz CT molecular complexity index is 1150. The van der Waals surface area contributed by atoms with E-state index in [1.54, 1.807) is 25.6 Å². The van der Waals surface area contributed by atoms with Crippen molar-refractivity contribution in [1.29, 1.82) is 0 Å². The molecule has 3 nitrogen and oxygen atoms in total. The lowest BCUT2D eigenvalue weighted by Crippen LogP contribution is -2.06. The molecule has 3 aromatic carbocycles. The van der Waals surface area contributed by atoms with Crippen LogP contribution in [0.4, 0.5) is 4.39 Å². The maximum Gasteiger partial charge on any atom is 0.167 e. The molecule has 4 aromatic rings. The minimum atomic E-state index is -0.365. The first kappa shape index (κ1) is 19.2. The van der Waals surface area contributed by atoms with Crippen LogP contribution >= 0.6 is 11.3 Å². The van der Waals surface area contributed by atoms with Gasteiger partial charge in [-0.15, -0.1) is 11.3 Å². The number of methoxy groups -OCH3 is 2. The molecule has 5 heteroatoms. The molecule has 0 saturated heterocycles. The third kappa shape index (κ3) is 3.87. The van der Waals surface area contributed by atoms with Crippen LogP contribution in [0.15, 0.2) is 66.7 Å². The second-order valence-corrected chi connectivity index (χ2v) is 7.70. The Morgan fingerprint density at radius 3 is 2.34 bits per heavy atom. The van der Waals surface area contributed by atoms with Crippen LogP contribution < -0.4 is 9.47 Å². The summed E-state index contributed by atoms with van der Waals surface area (Å²) in [6.07, 6.45) is 0.149. The molecule has 1 heterocycles. The molecule has 0 fully saturated rings. The zero-order valence-electron chi connectivity index (χ0n) is 16.1. The summed E-state index contributed by atoms with van der Waals surface area (Å²) < 4.78 is 25.4. The topological polar surface area (TPSA) is 35.5 Å². The van der Waals surface area contributed by atoms with Crippen LogP contribution in [0.5, 0.6) is 11.5 Å². The van der Waals surface area contributed by atoms with E-state index in [2.05, 4.69) is 18.2 Å². The molecule has 0 aliphatic carbocycles. The lowest BCUT2D eigenvalue weighted by Gasteiger charge is -2.14. The van der Waals surface area contributed by atoms with E-state index in [1.807, 2.05) is 24.3 Å². The van der Waals surface area contributed by atoms with Gasteiger partial charge in [0.15, 0.2) is 5.78 Å². The summed E-state index contributed by atoms with van der Waals surface area (Å²) in [6.45, 7) is 0. The average Bonchev–Trinajstić information content (AvgIpc) is 3.18. The van der Waals surface area contributed by atoms with E-state index in [0.717, 1.165) is 21.4 Å². The summed E-state index contributed by atoms with van der Waals surface area (Å²) in [5, 5.41) is 1.16. The third-order valence-electron chi connectivity index (χ3n) is 4.81. The van der Waals surface area contributed by atoms with Crippen molar-refractivity contribution in [3.05, 3.63) is 83.7 Å². The minimum absolute atomic E-state index is 0.101. The molecule has 0 amide bonds. The Morgan fingerprint density at radius 2 is 1.66 bits per heavy atom. The van der Waals surface area contributed by atoms with Gasteiger partial charge in [-0.1, -0.05) is 18.2 Å². The Hall–Kier alpha value is -3.18. The van der Waals surface area contributed by atoms with Gasteiger partial charge < -0.3 is 9.47 Å². The normalized spacial score (nSPS) is 10.9. The fraction of sp³-hybridized carbons (Fsp3) is 0.125. The van der Waals surface area contributed by atoms with Gasteiger partial charge in [0, 0.05) is 38.8 Å². The van der Waals surface area contributed by atoms with Crippen molar-refractivity contribution < 1.29 is 18.7 Å². The van der Waals surface area contributed by atoms with E-state index in [1.165, 1.54) is 29.0 Å². The standard InChI is InChI=1S/C24H19FO3S/c1-27-21-14-22(28-2)19(24-13-16-5-3-4-6-23(16)29-24)11-17(21)12-20(26)15-7-9-18(25)10-8-15/h3-11,13-14H,12H2,1-2H3. The Kier molecular flexibility index (Phi) is 5.32. The number of thiophene rings is 1. The summed E-state index contributed by atoms with van der Waals surface area (Å²) in [5.41, 5.74) is 2.14. The van der Waals surface area contributed by atoms with E-state index in [4.69, 9.17) is 9.47 Å². The van der Waals surface area contributed by atoms with Gasteiger partial charge in [-0.25, -0.2) is 4.39 Å². The fourth-order valence-electron chi connectivity index (χ4n) is 3.32. The number of fused-ring (bicyclic) bond motifs is 1. The SMILES string of the molecule is COc1cc(OC)c(-c2cc3ccccc3s2)cc1CC(=O)c1ccc(F)cc1. The minimum Gasteiger partial charge on any atom is -0.496 e. The smallest absolute Gasteiger partial charge is 0.167 e. The summed E-state index contributed by atoms with van der Waals surface area (Å²) in [6, 6.07) is 19.6. The van der Waals surface area contributed by atoms with Crippen LogP contribution in [0.25, 0.3) is 20.5 Å². The Labute approximate surface area is 172 Å². The summed E-state index contributed by atoms with van der Waals surface area (Å²) >= 11 is 1.67. The van der Waals surface area contributed by atoms with Crippen LogP contribution in [0.2, 0.25) is 0 Å². The highest BCUT2D eigenvalue weighted by Gasteiger charge is 2.17. The molecule has 0 bridgehead atoms. The van der Waals surface area contributed by atoms with Crippen molar-refractivity contribution in [3.63, 3.8) is 0 Å². The van der Waals surface area contributed by atoms with Crippen LogP contribution in [0.3, 0.4) is 0 Å². The third-order valence-corrected chi connectivity index (χ3v) is 5.96. The molecular formula is C24H19FO3S. The second-order valence-electron chi connectivity index (χ2n) is 6.62. The van der Waals surface area contributed by atoms with Gasteiger partial charge in [-0.05, 0) is 47.9 Å². The number of carbonyl (C=O) groups is 1. The highest BCUT2D eigenvalue weighted by molar-refractivity contribution is 7.22. The molecular weight excluding hydrogens is 387 g/mol. The molecule has 146 valence electrons. The number of ketones is 1. The van der Waals surface area contributed by atoms with Crippen LogP contribution in [-0.2, 0) is 6.42 Å². The van der Waals surface area contributed by atoms with Crippen molar-refractivity contribution in [2.24, 2.45) is 0 Å². The Morgan fingerprint density at radius 1 is 0.931 bits per heavy atom. The van der Waals surface area contributed by atoms with Gasteiger partial charge in [0.2, 0.25) is 0 Å². The number of Topliss-reactive ketones (excluding diaryl/α,β-unsaturated/α-hetero) is 1. The number of benzene rings is 3. The predicted molar refractivity (Wildman–Crippen MR) is 115 cm³/mol. The summed E-state index contributed by atoms with van der Waals surface area (Å²) in [7, 11) is 3.19. The lowest BCUT2D eigenvalue weighted by atomic mass is 9.99. The van der Waals surface area contributed by atoms with Crippen molar-refractivity contribution in [2.75, 3.05) is 14.2 Å². The number of hydrogen-bond acceptors (Lipinski definition) is 4. The molecule has 4 rings (SSSR count). The molecule has 1 aromatic heterocycles. The zero-order valence-corrected chi connectivity index (χ0v) is 16.9. The number of hydrogen-bond donors (Lipinski definition) is 0. The van der Waals surface area contributed by atoms with E-state index in [0.29, 0.717) is 17.1 Å². The fourth-order valence-corrected chi connectivity index (χ4v) is 4.40. The summed E-state index contributed by atoms with van der Waals surface area (Å²) in [4.78, 5) is 13.8. The molecule has 0 unspecified atom stereocenters. The van der Waals surface area contributed by atoms with Gasteiger partial charge in [0.05, 0.1) is 14.2 Å². The monoisotopic (exact) mass is 406 g/mol. The van der Waals surface area contributed by atoms with Crippen molar-refractivity contribution in [3.8, 4) is 21.9 Å². The van der Waals surface area contributed by atoms with Crippen LogP contribution in [0, 0.1) is 5.82 Å². The van der Waals surface area contributed by atoms with Crippen LogP contribution in [-0.4, -0.2) is 20.0 Å². The van der Waals surface area contributed by atoms with Gasteiger partial charge in [-0.3, -0.25) is 4.79 Å². The van der Waals surface area contributed by atoms with Crippen LogP contribution in [0.1, 0.15) is 15.9 Å². The Balaban J connectivity index is 1.76. The molecule has 0 atom stereocenters. The molecule has 29 heavy (non-hydrogen) atoms. The van der Waals surface area contributed by atoms with E-state index in [9.17, 15) is 9.18 Å². The second kappa shape index (κ2) is 8.05. The van der Waals surface area contributed by atoms with E-state index < -0.39 is 0 Å². The predicted octanol–water partition coefficient (Wildman–Crippen LogP) is 6.15.